The van der Waals surface area contributed by atoms with Crippen molar-refractivity contribution in [1.29, 1.82) is 10.5 Å². The monoisotopic (exact) mass is 483 g/mol. The summed E-state index contributed by atoms with van der Waals surface area (Å²) in [6, 6.07) is 6.57. The van der Waals surface area contributed by atoms with E-state index in [1.165, 1.54) is 0 Å². The minimum absolute atomic E-state index is 0.179. The quantitative estimate of drug-likeness (QED) is 0.336. The lowest BCUT2D eigenvalue weighted by atomic mass is 10.1. The summed E-state index contributed by atoms with van der Waals surface area (Å²) in [5.74, 6) is -2.65. The van der Waals surface area contributed by atoms with Crippen LogP contribution in [-0.2, 0) is 21.9 Å². The molecule has 0 aromatic heterocycles. The van der Waals surface area contributed by atoms with Crippen LogP contribution in [0.3, 0.4) is 0 Å². The summed E-state index contributed by atoms with van der Waals surface area (Å²) < 4.78 is 78.5. The third-order valence-corrected chi connectivity index (χ3v) is 4.15. The predicted molar refractivity (Wildman–Crippen MR) is 101 cm³/mol. The molecule has 0 atom stereocenters. The molecule has 0 radical (unpaired) electrons. The fourth-order valence-electron chi connectivity index (χ4n) is 2.51. The molecule has 34 heavy (non-hydrogen) atoms. The maximum Gasteiger partial charge on any atom is 0.416 e. The van der Waals surface area contributed by atoms with Gasteiger partial charge in [-0.2, -0.15) is 41.9 Å². The van der Waals surface area contributed by atoms with E-state index < -0.39 is 70.7 Å². The van der Waals surface area contributed by atoms with Crippen LogP contribution < -0.4 is 5.01 Å². The summed E-state index contributed by atoms with van der Waals surface area (Å²) in [4.78, 5) is 23.3. The van der Waals surface area contributed by atoms with Gasteiger partial charge in [0, 0.05) is 6.42 Å². The van der Waals surface area contributed by atoms with Crippen molar-refractivity contribution in [2.24, 2.45) is 10.3 Å². The highest BCUT2D eigenvalue weighted by atomic mass is 19.4. The Hall–Kier alpha value is -4.46. The van der Waals surface area contributed by atoms with Crippen molar-refractivity contribution in [2.45, 2.75) is 25.2 Å². The van der Waals surface area contributed by atoms with E-state index in [1.807, 2.05) is 0 Å². The lowest BCUT2D eigenvalue weighted by Crippen LogP contribution is -2.26. The lowest BCUT2D eigenvalue weighted by Gasteiger charge is -2.18. The first-order valence-corrected chi connectivity index (χ1v) is 8.97. The van der Waals surface area contributed by atoms with Gasteiger partial charge < -0.3 is 5.11 Å². The molecule has 0 unspecified atom stereocenters. The normalized spacial score (nSPS) is 11.6. The molecule has 2 rings (SSSR count). The van der Waals surface area contributed by atoms with Crippen molar-refractivity contribution in [3.63, 3.8) is 0 Å². The number of halogens is 6. The number of benzene rings is 2. The molecule has 1 N–H and O–H groups in total. The third-order valence-electron chi connectivity index (χ3n) is 4.15. The first-order chi connectivity index (χ1) is 15.8. The van der Waals surface area contributed by atoms with Crippen LogP contribution in [0.5, 0.6) is 0 Å². The molecular weight excluding hydrogens is 472 g/mol. The number of nitrogens with zero attached hydrogens (tertiary/aromatic N) is 5. The molecule has 14 heteroatoms. The number of hydrogen-bond acceptors (Lipinski definition) is 6. The van der Waals surface area contributed by atoms with E-state index in [-0.39, 0.29) is 5.01 Å². The van der Waals surface area contributed by atoms with E-state index in [4.69, 9.17) is 10.4 Å². The first-order valence-electron chi connectivity index (χ1n) is 8.97. The standard InChI is InChI=1S/C20H11F6N5O3/c21-19(22,23)13-3-1-11(9-27)15(7-13)29-30-31(17(32)5-6-18(33)34)16-8-14(20(24,25)26)4-2-12(16)10-28/h1-4,7-8H,5-6H2,(H,33,34). The zero-order valence-corrected chi connectivity index (χ0v) is 16.6. The maximum atomic E-state index is 13.2. The predicted octanol–water partition coefficient (Wildman–Crippen LogP) is 5.36. The summed E-state index contributed by atoms with van der Waals surface area (Å²) in [6.45, 7) is 0. The number of carbonyl (C=O) groups is 2. The highest BCUT2D eigenvalue weighted by molar-refractivity contribution is 5.95. The van der Waals surface area contributed by atoms with Crippen molar-refractivity contribution in [3.05, 3.63) is 58.7 Å². The molecular formula is C20H11F6N5O3. The second-order valence-electron chi connectivity index (χ2n) is 6.47. The largest absolute Gasteiger partial charge is 0.481 e. The van der Waals surface area contributed by atoms with Crippen molar-refractivity contribution in [2.75, 3.05) is 5.01 Å². The van der Waals surface area contributed by atoms with Crippen LogP contribution in [0.2, 0.25) is 0 Å². The minimum Gasteiger partial charge on any atom is -0.481 e. The number of hydrogen-bond donors (Lipinski definition) is 1. The van der Waals surface area contributed by atoms with Gasteiger partial charge in [0.25, 0.3) is 0 Å². The van der Waals surface area contributed by atoms with E-state index >= 15 is 0 Å². The number of rotatable bonds is 6. The zero-order chi connectivity index (χ0) is 25.7. The van der Waals surface area contributed by atoms with Gasteiger partial charge in [-0.3, -0.25) is 9.59 Å². The first kappa shape index (κ1) is 25.8. The van der Waals surface area contributed by atoms with E-state index in [1.54, 1.807) is 12.1 Å². The SMILES string of the molecule is N#Cc1ccc(C(F)(F)F)cc1N=NN(C(=O)CCC(=O)O)c1cc(C(F)(F)F)ccc1C#N. The Kier molecular flexibility index (Phi) is 7.58. The number of nitriles is 2. The molecule has 176 valence electrons. The Labute approximate surface area is 186 Å². The van der Waals surface area contributed by atoms with Crippen LogP contribution in [-0.4, -0.2) is 17.0 Å². The van der Waals surface area contributed by atoms with Gasteiger partial charge in [-0.25, -0.2) is 0 Å². The van der Waals surface area contributed by atoms with Gasteiger partial charge in [-0.1, -0.05) is 5.22 Å². The van der Waals surface area contributed by atoms with Crippen LogP contribution in [0.1, 0.15) is 35.1 Å². The molecule has 0 saturated carbocycles. The molecule has 0 aliphatic carbocycles. The number of alkyl halides is 6. The summed E-state index contributed by atoms with van der Waals surface area (Å²) in [5, 5.41) is 34.1. The topological polar surface area (TPSA) is 130 Å². The van der Waals surface area contributed by atoms with Crippen LogP contribution >= 0.6 is 0 Å². The summed E-state index contributed by atoms with van der Waals surface area (Å²) in [5.41, 5.74) is -4.80. The summed E-state index contributed by atoms with van der Waals surface area (Å²) >= 11 is 0. The molecule has 0 spiro atoms. The van der Waals surface area contributed by atoms with Gasteiger partial charge >= 0.3 is 18.3 Å². The van der Waals surface area contributed by atoms with Gasteiger partial charge in [0.1, 0.15) is 17.8 Å². The number of amides is 1. The van der Waals surface area contributed by atoms with Crippen LogP contribution in [0.4, 0.5) is 37.7 Å². The van der Waals surface area contributed by atoms with E-state index in [2.05, 4.69) is 10.3 Å². The Morgan fingerprint density at radius 3 is 1.91 bits per heavy atom. The van der Waals surface area contributed by atoms with Gasteiger partial charge in [0.2, 0.25) is 5.91 Å². The average Bonchev–Trinajstić information content (AvgIpc) is 2.76. The Bertz CT molecular complexity index is 1230. The van der Waals surface area contributed by atoms with Crippen LogP contribution in [0.25, 0.3) is 0 Å². The van der Waals surface area contributed by atoms with Crippen molar-refractivity contribution >= 4 is 23.3 Å². The zero-order valence-electron chi connectivity index (χ0n) is 16.6. The smallest absolute Gasteiger partial charge is 0.416 e. The van der Waals surface area contributed by atoms with Gasteiger partial charge in [-0.15, -0.1) is 5.11 Å². The molecule has 0 bridgehead atoms. The average molecular weight is 483 g/mol. The molecule has 0 aliphatic heterocycles. The highest BCUT2D eigenvalue weighted by Crippen LogP contribution is 2.35. The van der Waals surface area contributed by atoms with Gasteiger partial charge in [-0.05, 0) is 36.4 Å². The van der Waals surface area contributed by atoms with Crippen LogP contribution in [0.15, 0.2) is 46.7 Å². The Morgan fingerprint density at radius 1 is 0.882 bits per heavy atom. The van der Waals surface area contributed by atoms with Gasteiger partial charge in [0.05, 0.1) is 34.4 Å². The Balaban J connectivity index is 2.66. The van der Waals surface area contributed by atoms with Crippen molar-refractivity contribution in [3.8, 4) is 12.1 Å². The third kappa shape index (κ3) is 6.29. The van der Waals surface area contributed by atoms with E-state index in [9.17, 15) is 41.2 Å². The van der Waals surface area contributed by atoms with E-state index in [0.717, 1.165) is 12.1 Å². The Morgan fingerprint density at radius 2 is 1.41 bits per heavy atom. The molecule has 1 amide bonds. The summed E-state index contributed by atoms with van der Waals surface area (Å²) in [7, 11) is 0. The molecule has 0 aliphatic rings. The number of aliphatic carboxylic acids is 1. The fourth-order valence-corrected chi connectivity index (χ4v) is 2.51. The molecule has 0 saturated heterocycles. The van der Waals surface area contributed by atoms with Gasteiger partial charge in [0.15, 0.2) is 0 Å². The number of carboxylic acids is 1. The molecule has 8 nitrogen and oxygen atoms in total. The maximum absolute atomic E-state index is 13.2. The minimum atomic E-state index is -4.90. The lowest BCUT2D eigenvalue weighted by molar-refractivity contribution is -0.138. The second-order valence-corrected chi connectivity index (χ2v) is 6.47. The fraction of sp³-hybridized carbons (Fsp3) is 0.200. The number of carbonyl (C=O) groups excluding carboxylic acids is 1. The van der Waals surface area contributed by atoms with Crippen molar-refractivity contribution in [1.82, 2.24) is 0 Å². The number of anilines is 1. The second kappa shape index (κ2) is 9.99. The molecule has 0 fully saturated rings. The van der Waals surface area contributed by atoms with Crippen LogP contribution in [0, 0.1) is 22.7 Å². The highest BCUT2D eigenvalue weighted by Gasteiger charge is 2.33. The van der Waals surface area contributed by atoms with Crippen molar-refractivity contribution < 1.29 is 41.0 Å². The number of carboxylic acid groups (broad SMARTS) is 1. The molecule has 2 aromatic rings. The molecule has 0 heterocycles. The summed E-state index contributed by atoms with van der Waals surface area (Å²) in [6.07, 6.45) is -11.3. The van der Waals surface area contributed by atoms with E-state index in [0.29, 0.717) is 24.3 Å². The molecule has 2 aromatic carbocycles.